The molecule has 0 N–H and O–H groups in total. The smallest absolute Gasteiger partial charge is 0.259 e. The third-order valence-electron chi connectivity index (χ3n) is 3.56. The van der Waals surface area contributed by atoms with E-state index in [-0.39, 0.29) is 5.91 Å². The maximum atomic E-state index is 12.5. The van der Waals surface area contributed by atoms with Crippen molar-refractivity contribution in [3.05, 3.63) is 23.9 Å². The summed E-state index contributed by atoms with van der Waals surface area (Å²) in [7, 11) is 1.55. The van der Waals surface area contributed by atoms with E-state index >= 15 is 0 Å². The largest absolute Gasteiger partial charge is 0.480 e. The van der Waals surface area contributed by atoms with E-state index in [1.807, 2.05) is 11.8 Å². The molecule has 2 rings (SSSR count). The second-order valence-corrected chi connectivity index (χ2v) is 4.59. The van der Waals surface area contributed by atoms with Crippen LogP contribution in [0.1, 0.15) is 43.0 Å². The lowest BCUT2D eigenvalue weighted by Gasteiger charge is -2.28. The maximum absolute atomic E-state index is 12.5. The summed E-state index contributed by atoms with van der Waals surface area (Å²) in [5, 5.41) is 0. The van der Waals surface area contributed by atoms with Crippen molar-refractivity contribution in [2.24, 2.45) is 0 Å². The molecule has 0 spiro atoms. The summed E-state index contributed by atoms with van der Waals surface area (Å²) < 4.78 is 5.17. The second-order valence-electron chi connectivity index (χ2n) is 4.59. The molecule has 0 saturated heterocycles. The number of hydrogen-bond acceptors (Lipinski definition) is 3. The van der Waals surface area contributed by atoms with Crippen LogP contribution in [-0.2, 0) is 0 Å². The van der Waals surface area contributed by atoms with Crippen molar-refractivity contribution >= 4 is 5.91 Å². The van der Waals surface area contributed by atoms with Gasteiger partial charge in [0.05, 0.1) is 7.11 Å². The fourth-order valence-electron chi connectivity index (χ4n) is 2.65. The summed E-state index contributed by atoms with van der Waals surface area (Å²) in [6.07, 6.45) is 6.31. The Labute approximate surface area is 108 Å². The fourth-order valence-corrected chi connectivity index (χ4v) is 2.65. The molecule has 0 aliphatic heterocycles. The highest BCUT2D eigenvalue weighted by molar-refractivity contribution is 5.96. The number of carbonyl (C=O) groups is 1. The van der Waals surface area contributed by atoms with Gasteiger partial charge in [0, 0.05) is 18.8 Å². The van der Waals surface area contributed by atoms with E-state index < -0.39 is 0 Å². The standard InChI is InChI=1S/C14H20N2O2/c1-3-16(11-7-4-5-8-11)14(17)12-9-6-10-15-13(12)18-2/h6,9-11H,3-5,7-8H2,1-2H3. The Kier molecular flexibility index (Phi) is 4.18. The van der Waals surface area contributed by atoms with Gasteiger partial charge in [-0.1, -0.05) is 12.8 Å². The van der Waals surface area contributed by atoms with E-state index in [4.69, 9.17) is 4.74 Å². The predicted molar refractivity (Wildman–Crippen MR) is 69.8 cm³/mol. The zero-order valence-corrected chi connectivity index (χ0v) is 11.1. The van der Waals surface area contributed by atoms with E-state index in [0.29, 0.717) is 17.5 Å². The van der Waals surface area contributed by atoms with Gasteiger partial charge >= 0.3 is 0 Å². The van der Waals surface area contributed by atoms with Crippen LogP contribution in [0.4, 0.5) is 0 Å². The Hall–Kier alpha value is -1.58. The van der Waals surface area contributed by atoms with Gasteiger partial charge in [-0.2, -0.15) is 0 Å². The molecule has 1 heterocycles. The number of nitrogens with zero attached hydrogens (tertiary/aromatic N) is 2. The lowest BCUT2D eigenvalue weighted by molar-refractivity contribution is 0.0689. The molecule has 4 heteroatoms. The van der Waals surface area contributed by atoms with Crippen LogP contribution in [0, 0.1) is 0 Å². The fraction of sp³-hybridized carbons (Fsp3) is 0.571. The third kappa shape index (κ3) is 2.47. The molecule has 1 amide bonds. The van der Waals surface area contributed by atoms with Crippen molar-refractivity contribution in [2.45, 2.75) is 38.6 Å². The monoisotopic (exact) mass is 248 g/mol. The summed E-state index contributed by atoms with van der Waals surface area (Å²) in [5.41, 5.74) is 0.564. The first-order valence-electron chi connectivity index (χ1n) is 6.58. The van der Waals surface area contributed by atoms with Gasteiger partial charge in [-0.25, -0.2) is 4.98 Å². The van der Waals surface area contributed by atoms with Gasteiger partial charge < -0.3 is 9.64 Å². The second kappa shape index (κ2) is 5.85. The summed E-state index contributed by atoms with van der Waals surface area (Å²) >= 11 is 0. The lowest BCUT2D eigenvalue weighted by Crippen LogP contribution is -2.38. The molecule has 0 radical (unpaired) electrons. The Morgan fingerprint density at radius 1 is 1.50 bits per heavy atom. The first kappa shape index (κ1) is 12.9. The average molecular weight is 248 g/mol. The van der Waals surface area contributed by atoms with E-state index in [2.05, 4.69) is 4.98 Å². The summed E-state index contributed by atoms with van der Waals surface area (Å²) in [5.74, 6) is 0.452. The van der Waals surface area contributed by atoms with Gasteiger partial charge in [-0.3, -0.25) is 4.79 Å². The Morgan fingerprint density at radius 2 is 2.22 bits per heavy atom. The van der Waals surface area contributed by atoms with Gasteiger partial charge in [0.25, 0.3) is 5.91 Å². The van der Waals surface area contributed by atoms with E-state index in [9.17, 15) is 4.79 Å². The molecular weight excluding hydrogens is 228 g/mol. The number of ether oxygens (including phenoxy) is 1. The SMILES string of the molecule is CCN(C(=O)c1cccnc1OC)C1CCCC1. The Morgan fingerprint density at radius 3 is 2.83 bits per heavy atom. The molecular formula is C14H20N2O2. The highest BCUT2D eigenvalue weighted by Gasteiger charge is 2.27. The molecule has 1 saturated carbocycles. The molecule has 1 aliphatic rings. The molecule has 0 unspecified atom stereocenters. The number of amides is 1. The zero-order chi connectivity index (χ0) is 13.0. The van der Waals surface area contributed by atoms with Gasteiger partial charge in [0.1, 0.15) is 5.56 Å². The van der Waals surface area contributed by atoms with Crippen molar-refractivity contribution in [3.8, 4) is 5.88 Å². The van der Waals surface area contributed by atoms with Crippen LogP contribution in [-0.4, -0.2) is 35.5 Å². The summed E-state index contributed by atoms with van der Waals surface area (Å²) in [6, 6.07) is 3.94. The van der Waals surface area contributed by atoms with Crippen LogP contribution in [0.15, 0.2) is 18.3 Å². The van der Waals surface area contributed by atoms with Crippen LogP contribution in [0.25, 0.3) is 0 Å². The first-order chi connectivity index (χ1) is 8.77. The van der Waals surface area contributed by atoms with Gasteiger partial charge in [0.2, 0.25) is 5.88 Å². The normalized spacial score (nSPS) is 15.7. The van der Waals surface area contributed by atoms with Crippen molar-refractivity contribution < 1.29 is 9.53 Å². The number of carbonyl (C=O) groups excluding carboxylic acids is 1. The predicted octanol–water partition coefficient (Wildman–Crippen LogP) is 2.49. The van der Waals surface area contributed by atoms with Crippen LogP contribution in [0.2, 0.25) is 0 Å². The molecule has 1 aromatic heterocycles. The summed E-state index contributed by atoms with van der Waals surface area (Å²) in [4.78, 5) is 18.6. The molecule has 0 atom stereocenters. The van der Waals surface area contributed by atoms with Crippen molar-refractivity contribution in [1.29, 1.82) is 0 Å². The molecule has 1 aliphatic carbocycles. The van der Waals surface area contributed by atoms with Crippen molar-refractivity contribution in [3.63, 3.8) is 0 Å². The van der Waals surface area contributed by atoms with Gasteiger partial charge in [0.15, 0.2) is 0 Å². The van der Waals surface area contributed by atoms with E-state index in [0.717, 1.165) is 19.4 Å². The molecule has 0 aromatic carbocycles. The molecule has 1 fully saturated rings. The maximum Gasteiger partial charge on any atom is 0.259 e. The average Bonchev–Trinajstić information content (AvgIpc) is 2.93. The number of aromatic nitrogens is 1. The minimum atomic E-state index is 0.0364. The topological polar surface area (TPSA) is 42.4 Å². The molecule has 18 heavy (non-hydrogen) atoms. The summed E-state index contributed by atoms with van der Waals surface area (Å²) in [6.45, 7) is 2.76. The van der Waals surface area contributed by atoms with Crippen molar-refractivity contribution in [1.82, 2.24) is 9.88 Å². The van der Waals surface area contributed by atoms with E-state index in [1.54, 1.807) is 25.4 Å². The molecule has 4 nitrogen and oxygen atoms in total. The van der Waals surface area contributed by atoms with Gasteiger partial charge in [-0.05, 0) is 31.9 Å². The van der Waals surface area contributed by atoms with Crippen LogP contribution in [0.5, 0.6) is 5.88 Å². The quantitative estimate of drug-likeness (QED) is 0.822. The highest BCUT2D eigenvalue weighted by atomic mass is 16.5. The van der Waals surface area contributed by atoms with E-state index in [1.165, 1.54) is 12.8 Å². The molecule has 0 bridgehead atoms. The van der Waals surface area contributed by atoms with Crippen molar-refractivity contribution in [2.75, 3.05) is 13.7 Å². The lowest BCUT2D eigenvalue weighted by atomic mass is 10.1. The molecule has 98 valence electrons. The Balaban J connectivity index is 2.22. The number of hydrogen-bond donors (Lipinski definition) is 0. The van der Waals surface area contributed by atoms with Crippen LogP contribution >= 0.6 is 0 Å². The number of pyridine rings is 1. The third-order valence-corrected chi connectivity index (χ3v) is 3.56. The molecule has 1 aromatic rings. The minimum Gasteiger partial charge on any atom is -0.480 e. The van der Waals surface area contributed by atoms with Gasteiger partial charge in [-0.15, -0.1) is 0 Å². The number of methoxy groups -OCH3 is 1. The zero-order valence-electron chi connectivity index (χ0n) is 11.1. The number of rotatable bonds is 4. The minimum absolute atomic E-state index is 0.0364. The highest BCUT2D eigenvalue weighted by Crippen LogP contribution is 2.26. The van der Waals surface area contributed by atoms with Crippen LogP contribution < -0.4 is 4.74 Å². The first-order valence-corrected chi connectivity index (χ1v) is 6.58. The Bertz CT molecular complexity index is 414. The van der Waals surface area contributed by atoms with Crippen LogP contribution in [0.3, 0.4) is 0 Å².